The molecular formula is C12H18ClNO2. The van der Waals surface area contributed by atoms with Gasteiger partial charge in [0.25, 0.3) is 0 Å². The van der Waals surface area contributed by atoms with E-state index in [1.54, 1.807) is 7.11 Å². The van der Waals surface area contributed by atoms with Gasteiger partial charge in [0.2, 0.25) is 0 Å². The molecule has 1 aliphatic heterocycles. The molecule has 0 spiro atoms. The predicted molar refractivity (Wildman–Crippen MR) is 66.2 cm³/mol. The van der Waals surface area contributed by atoms with Gasteiger partial charge in [-0.2, -0.15) is 0 Å². The molecule has 16 heavy (non-hydrogen) atoms. The third-order valence-electron chi connectivity index (χ3n) is 2.88. The van der Waals surface area contributed by atoms with Gasteiger partial charge in [-0.25, -0.2) is 0 Å². The van der Waals surface area contributed by atoms with E-state index in [1.807, 2.05) is 24.3 Å². The molecule has 1 aromatic carbocycles. The Morgan fingerprint density at radius 2 is 2.25 bits per heavy atom. The molecule has 0 bridgehead atoms. The molecule has 90 valence electrons. The number of rotatable bonds is 2. The standard InChI is InChI=1S/C12H17NO2.ClH/c1-15-10-5-2-4-9(8-10)12-11(14)6-3-7-13-12;/h2,4-5,8,11-14H,3,6-7H2,1H3;1H. The topological polar surface area (TPSA) is 41.5 Å². The summed E-state index contributed by atoms with van der Waals surface area (Å²) >= 11 is 0. The fourth-order valence-corrected chi connectivity index (χ4v) is 2.05. The molecule has 3 nitrogen and oxygen atoms in total. The molecule has 1 saturated heterocycles. The number of piperidine rings is 1. The van der Waals surface area contributed by atoms with Gasteiger partial charge >= 0.3 is 0 Å². The van der Waals surface area contributed by atoms with E-state index >= 15 is 0 Å². The van der Waals surface area contributed by atoms with E-state index in [0.29, 0.717) is 0 Å². The van der Waals surface area contributed by atoms with Crippen LogP contribution in [0.25, 0.3) is 0 Å². The number of hydrogen-bond acceptors (Lipinski definition) is 3. The molecule has 1 heterocycles. The molecule has 0 aliphatic carbocycles. The molecule has 2 unspecified atom stereocenters. The Hall–Kier alpha value is -0.770. The van der Waals surface area contributed by atoms with E-state index in [1.165, 1.54) is 0 Å². The largest absolute Gasteiger partial charge is 0.497 e. The van der Waals surface area contributed by atoms with E-state index in [4.69, 9.17) is 4.74 Å². The van der Waals surface area contributed by atoms with Gasteiger partial charge in [0.15, 0.2) is 0 Å². The lowest BCUT2D eigenvalue weighted by Crippen LogP contribution is -2.37. The van der Waals surface area contributed by atoms with Crippen molar-refractivity contribution in [1.29, 1.82) is 0 Å². The van der Waals surface area contributed by atoms with E-state index < -0.39 is 0 Å². The minimum absolute atomic E-state index is 0. The highest BCUT2D eigenvalue weighted by Crippen LogP contribution is 2.25. The third kappa shape index (κ3) is 2.88. The molecule has 0 saturated carbocycles. The highest BCUT2D eigenvalue weighted by Gasteiger charge is 2.23. The normalized spacial score (nSPS) is 24.6. The van der Waals surface area contributed by atoms with Crippen LogP contribution < -0.4 is 10.1 Å². The van der Waals surface area contributed by atoms with Crippen molar-refractivity contribution in [3.63, 3.8) is 0 Å². The second-order valence-electron chi connectivity index (χ2n) is 3.92. The third-order valence-corrected chi connectivity index (χ3v) is 2.88. The van der Waals surface area contributed by atoms with Crippen molar-refractivity contribution in [2.45, 2.75) is 25.0 Å². The molecule has 0 radical (unpaired) electrons. The number of methoxy groups -OCH3 is 1. The van der Waals surface area contributed by atoms with E-state index in [0.717, 1.165) is 30.7 Å². The zero-order chi connectivity index (χ0) is 10.7. The summed E-state index contributed by atoms with van der Waals surface area (Å²) in [4.78, 5) is 0. The number of benzene rings is 1. The molecule has 1 fully saturated rings. The van der Waals surface area contributed by atoms with Crippen LogP contribution in [0.3, 0.4) is 0 Å². The quantitative estimate of drug-likeness (QED) is 0.834. The molecule has 4 heteroatoms. The number of halogens is 1. The lowest BCUT2D eigenvalue weighted by atomic mass is 9.94. The van der Waals surface area contributed by atoms with Gasteiger partial charge < -0.3 is 15.2 Å². The van der Waals surface area contributed by atoms with E-state index in [-0.39, 0.29) is 24.6 Å². The molecule has 0 aromatic heterocycles. The lowest BCUT2D eigenvalue weighted by molar-refractivity contribution is 0.0964. The minimum Gasteiger partial charge on any atom is -0.497 e. The minimum atomic E-state index is -0.286. The van der Waals surface area contributed by atoms with Crippen LogP contribution in [-0.4, -0.2) is 24.9 Å². The van der Waals surface area contributed by atoms with Crippen molar-refractivity contribution in [2.75, 3.05) is 13.7 Å². The Labute approximate surface area is 102 Å². The van der Waals surface area contributed by atoms with Crippen LogP contribution in [0, 0.1) is 0 Å². The smallest absolute Gasteiger partial charge is 0.119 e. The summed E-state index contributed by atoms with van der Waals surface area (Å²) in [6.07, 6.45) is 1.63. The fourth-order valence-electron chi connectivity index (χ4n) is 2.05. The zero-order valence-corrected chi connectivity index (χ0v) is 10.2. The second-order valence-corrected chi connectivity index (χ2v) is 3.92. The number of hydrogen-bond donors (Lipinski definition) is 2. The average Bonchev–Trinajstić information content (AvgIpc) is 2.30. The van der Waals surface area contributed by atoms with Gasteiger partial charge in [-0.3, -0.25) is 0 Å². The van der Waals surface area contributed by atoms with E-state index in [9.17, 15) is 5.11 Å². The molecule has 1 aromatic rings. The van der Waals surface area contributed by atoms with Gasteiger partial charge in [0, 0.05) is 0 Å². The molecule has 0 amide bonds. The van der Waals surface area contributed by atoms with Crippen LogP contribution in [0.1, 0.15) is 24.4 Å². The van der Waals surface area contributed by atoms with Crippen LogP contribution in [0.15, 0.2) is 24.3 Å². The van der Waals surface area contributed by atoms with Crippen molar-refractivity contribution < 1.29 is 9.84 Å². The van der Waals surface area contributed by atoms with Crippen LogP contribution in [0.4, 0.5) is 0 Å². The Morgan fingerprint density at radius 1 is 1.44 bits per heavy atom. The van der Waals surface area contributed by atoms with Gasteiger partial charge in [0.05, 0.1) is 19.3 Å². The van der Waals surface area contributed by atoms with Crippen LogP contribution in [0.2, 0.25) is 0 Å². The van der Waals surface area contributed by atoms with E-state index in [2.05, 4.69) is 5.32 Å². The summed E-state index contributed by atoms with van der Waals surface area (Å²) in [5.74, 6) is 0.840. The van der Waals surface area contributed by atoms with Crippen molar-refractivity contribution in [1.82, 2.24) is 5.32 Å². The number of ether oxygens (including phenoxy) is 1. The summed E-state index contributed by atoms with van der Waals surface area (Å²) in [5, 5.41) is 13.2. The molecule has 2 rings (SSSR count). The first-order valence-corrected chi connectivity index (χ1v) is 5.36. The predicted octanol–water partition coefficient (Wildman–Crippen LogP) is 1.90. The molecule has 1 aliphatic rings. The SMILES string of the molecule is COc1cccc(C2NCCCC2O)c1.Cl. The first-order chi connectivity index (χ1) is 7.31. The lowest BCUT2D eigenvalue weighted by Gasteiger charge is -2.29. The number of aliphatic hydroxyl groups is 1. The van der Waals surface area contributed by atoms with Crippen LogP contribution in [-0.2, 0) is 0 Å². The first kappa shape index (κ1) is 13.3. The maximum absolute atomic E-state index is 9.88. The Morgan fingerprint density at radius 3 is 2.94 bits per heavy atom. The molecular weight excluding hydrogens is 226 g/mol. The van der Waals surface area contributed by atoms with Gasteiger partial charge in [-0.05, 0) is 37.1 Å². The first-order valence-electron chi connectivity index (χ1n) is 5.36. The van der Waals surface area contributed by atoms with Crippen molar-refractivity contribution in [2.24, 2.45) is 0 Å². The van der Waals surface area contributed by atoms with Crippen molar-refractivity contribution in [3.05, 3.63) is 29.8 Å². The summed E-state index contributed by atoms with van der Waals surface area (Å²) in [6.45, 7) is 0.971. The van der Waals surface area contributed by atoms with Gasteiger partial charge in [-0.15, -0.1) is 12.4 Å². The van der Waals surface area contributed by atoms with Crippen LogP contribution in [0.5, 0.6) is 5.75 Å². The fraction of sp³-hybridized carbons (Fsp3) is 0.500. The number of aliphatic hydroxyl groups excluding tert-OH is 1. The highest BCUT2D eigenvalue weighted by atomic mass is 35.5. The summed E-state index contributed by atoms with van der Waals surface area (Å²) in [6, 6.07) is 7.92. The van der Waals surface area contributed by atoms with Crippen molar-refractivity contribution in [3.8, 4) is 5.75 Å². The second kappa shape index (κ2) is 6.09. The van der Waals surface area contributed by atoms with Crippen LogP contribution >= 0.6 is 12.4 Å². The Balaban J connectivity index is 0.00000128. The summed E-state index contributed by atoms with van der Waals surface area (Å²) in [7, 11) is 1.66. The summed E-state index contributed by atoms with van der Waals surface area (Å²) in [5.41, 5.74) is 1.10. The Kier molecular flexibility index (Phi) is 5.06. The highest BCUT2D eigenvalue weighted by molar-refractivity contribution is 5.85. The monoisotopic (exact) mass is 243 g/mol. The molecule has 2 atom stereocenters. The summed E-state index contributed by atoms with van der Waals surface area (Å²) < 4.78 is 5.17. The average molecular weight is 244 g/mol. The maximum Gasteiger partial charge on any atom is 0.119 e. The zero-order valence-electron chi connectivity index (χ0n) is 9.35. The van der Waals surface area contributed by atoms with Gasteiger partial charge in [-0.1, -0.05) is 12.1 Å². The number of nitrogens with one attached hydrogen (secondary N) is 1. The molecule has 2 N–H and O–H groups in total. The van der Waals surface area contributed by atoms with Crippen molar-refractivity contribution >= 4 is 12.4 Å². The Bertz CT molecular complexity index is 333. The maximum atomic E-state index is 9.88. The van der Waals surface area contributed by atoms with Gasteiger partial charge in [0.1, 0.15) is 5.75 Å².